The van der Waals surface area contributed by atoms with Crippen molar-refractivity contribution in [2.75, 3.05) is 17.6 Å². The van der Waals surface area contributed by atoms with Crippen LogP contribution in [0.1, 0.15) is 34.6 Å². The Morgan fingerprint density at radius 3 is 2.58 bits per heavy atom. The summed E-state index contributed by atoms with van der Waals surface area (Å²) in [5.74, 6) is -0.818. The fraction of sp³-hybridized carbons (Fsp3) is 0.235. The number of carbonyl (C=O) groups excluding carboxylic acids is 2. The summed E-state index contributed by atoms with van der Waals surface area (Å²) in [6.45, 7) is 4.86. The van der Waals surface area contributed by atoms with Gasteiger partial charge in [0, 0.05) is 12.6 Å². The van der Waals surface area contributed by atoms with E-state index in [9.17, 15) is 14.4 Å². The van der Waals surface area contributed by atoms with Crippen molar-refractivity contribution >= 4 is 23.3 Å². The Hall–Kier alpha value is -3.09. The molecule has 1 aliphatic heterocycles. The second-order valence-corrected chi connectivity index (χ2v) is 6.07. The van der Waals surface area contributed by atoms with Crippen molar-refractivity contribution in [2.45, 2.75) is 13.8 Å². The SMILES string of the molecule is CC(C)CNc1ccccc1-n1c(N)c2c(cc1=O)C(=O)NC2=O. The molecule has 7 heteroatoms. The minimum atomic E-state index is -0.600. The van der Waals surface area contributed by atoms with Crippen LogP contribution in [-0.2, 0) is 0 Å². The Bertz CT molecular complexity index is 899. The summed E-state index contributed by atoms with van der Waals surface area (Å²) >= 11 is 0. The minimum Gasteiger partial charge on any atom is -0.384 e. The third-order valence-corrected chi connectivity index (χ3v) is 3.80. The average molecular weight is 326 g/mol. The van der Waals surface area contributed by atoms with Crippen molar-refractivity contribution in [3.63, 3.8) is 0 Å². The first-order chi connectivity index (χ1) is 11.4. The van der Waals surface area contributed by atoms with Crippen molar-refractivity contribution in [1.82, 2.24) is 9.88 Å². The van der Waals surface area contributed by atoms with Gasteiger partial charge in [-0.05, 0) is 18.1 Å². The van der Waals surface area contributed by atoms with Gasteiger partial charge in [0.1, 0.15) is 5.82 Å². The number of hydrogen-bond donors (Lipinski definition) is 3. The number of benzene rings is 1. The van der Waals surface area contributed by atoms with E-state index in [1.807, 2.05) is 12.1 Å². The predicted octanol–water partition coefficient (Wildman–Crippen LogP) is 1.37. The molecule has 2 aromatic rings. The molecule has 7 nitrogen and oxygen atoms in total. The fourth-order valence-corrected chi connectivity index (χ4v) is 2.66. The van der Waals surface area contributed by atoms with Gasteiger partial charge < -0.3 is 11.1 Å². The highest BCUT2D eigenvalue weighted by Crippen LogP contribution is 2.26. The summed E-state index contributed by atoms with van der Waals surface area (Å²) in [7, 11) is 0. The highest BCUT2D eigenvalue weighted by atomic mass is 16.2. The van der Waals surface area contributed by atoms with E-state index in [1.165, 1.54) is 4.57 Å². The number of nitrogens with one attached hydrogen (secondary N) is 2. The van der Waals surface area contributed by atoms with E-state index in [0.717, 1.165) is 18.3 Å². The smallest absolute Gasteiger partial charge is 0.262 e. The number of anilines is 2. The number of fused-ring (bicyclic) bond motifs is 1. The molecule has 0 spiro atoms. The van der Waals surface area contributed by atoms with E-state index in [2.05, 4.69) is 24.5 Å². The van der Waals surface area contributed by atoms with Gasteiger partial charge in [-0.15, -0.1) is 0 Å². The molecule has 0 fully saturated rings. The summed E-state index contributed by atoms with van der Waals surface area (Å²) in [5, 5.41) is 5.43. The van der Waals surface area contributed by atoms with E-state index >= 15 is 0 Å². The maximum Gasteiger partial charge on any atom is 0.262 e. The molecule has 24 heavy (non-hydrogen) atoms. The number of nitrogen functional groups attached to an aromatic ring is 1. The van der Waals surface area contributed by atoms with Gasteiger partial charge in [-0.2, -0.15) is 0 Å². The van der Waals surface area contributed by atoms with Crippen LogP contribution in [0.15, 0.2) is 35.1 Å². The monoisotopic (exact) mass is 326 g/mol. The summed E-state index contributed by atoms with van der Waals surface area (Å²) in [6, 6.07) is 8.34. The van der Waals surface area contributed by atoms with Crippen molar-refractivity contribution in [2.24, 2.45) is 5.92 Å². The van der Waals surface area contributed by atoms with E-state index in [0.29, 0.717) is 11.6 Å². The molecule has 0 bridgehead atoms. The number of para-hydroxylation sites is 2. The summed E-state index contributed by atoms with van der Waals surface area (Å²) in [6.07, 6.45) is 0. The molecule has 2 heterocycles. The molecule has 3 rings (SSSR count). The summed E-state index contributed by atoms with van der Waals surface area (Å²) in [5.41, 5.74) is 6.93. The Morgan fingerprint density at radius 1 is 1.17 bits per heavy atom. The van der Waals surface area contributed by atoms with Gasteiger partial charge in [-0.3, -0.25) is 24.3 Å². The normalized spacial score (nSPS) is 13.1. The Labute approximate surface area is 138 Å². The predicted molar refractivity (Wildman–Crippen MR) is 91.6 cm³/mol. The number of rotatable bonds is 4. The molecular formula is C17H18N4O3. The highest BCUT2D eigenvalue weighted by molar-refractivity contribution is 6.23. The maximum absolute atomic E-state index is 12.5. The van der Waals surface area contributed by atoms with Crippen molar-refractivity contribution in [3.8, 4) is 5.69 Å². The number of carbonyl (C=O) groups is 2. The molecule has 0 radical (unpaired) electrons. The van der Waals surface area contributed by atoms with Crippen molar-refractivity contribution < 1.29 is 9.59 Å². The van der Waals surface area contributed by atoms with Gasteiger partial charge in [-0.25, -0.2) is 0 Å². The Balaban J connectivity index is 2.19. The number of amides is 2. The van der Waals surface area contributed by atoms with Gasteiger partial charge in [0.05, 0.1) is 22.5 Å². The maximum atomic E-state index is 12.5. The summed E-state index contributed by atoms with van der Waals surface area (Å²) < 4.78 is 1.25. The molecule has 0 atom stereocenters. The summed E-state index contributed by atoms with van der Waals surface area (Å²) in [4.78, 5) is 36.2. The number of hydrogen-bond acceptors (Lipinski definition) is 5. The molecule has 0 saturated carbocycles. The topological polar surface area (TPSA) is 106 Å². The molecular weight excluding hydrogens is 308 g/mol. The van der Waals surface area contributed by atoms with Crippen LogP contribution in [-0.4, -0.2) is 22.9 Å². The number of imide groups is 1. The number of aromatic nitrogens is 1. The van der Waals surface area contributed by atoms with Crippen LogP contribution in [0.5, 0.6) is 0 Å². The molecule has 1 aromatic heterocycles. The largest absolute Gasteiger partial charge is 0.384 e. The molecule has 1 aromatic carbocycles. The first-order valence-corrected chi connectivity index (χ1v) is 7.64. The van der Waals surface area contributed by atoms with Gasteiger partial charge >= 0.3 is 0 Å². The lowest BCUT2D eigenvalue weighted by molar-refractivity contribution is 0.0880. The quantitative estimate of drug-likeness (QED) is 0.736. The zero-order valence-electron chi connectivity index (χ0n) is 13.4. The van der Waals surface area contributed by atoms with Crippen molar-refractivity contribution in [3.05, 3.63) is 51.8 Å². The second-order valence-electron chi connectivity index (χ2n) is 6.07. The van der Waals surface area contributed by atoms with Gasteiger partial charge in [0.15, 0.2) is 0 Å². The molecule has 0 saturated heterocycles. The zero-order valence-corrected chi connectivity index (χ0v) is 13.4. The van der Waals surface area contributed by atoms with Crippen LogP contribution >= 0.6 is 0 Å². The van der Waals surface area contributed by atoms with Gasteiger partial charge in [-0.1, -0.05) is 26.0 Å². The van der Waals surface area contributed by atoms with Crippen LogP contribution in [0.25, 0.3) is 5.69 Å². The van der Waals surface area contributed by atoms with Crippen LogP contribution in [0.2, 0.25) is 0 Å². The third kappa shape index (κ3) is 2.54. The second kappa shape index (κ2) is 5.84. The first kappa shape index (κ1) is 15.8. The van der Waals surface area contributed by atoms with Crippen LogP contribution in [0.3, 0.4) is 0 Å². The lowest BCUT2D eigenvalue weighted by Crippen LogP contribution is -2.25. The number of nitrogens with two attached hydrogens (primary N) is 1. The fourth-order valence-electron chi connectivity index (χ4n) is 2.66. The van der Waals surface area contributed by atoms with Crippen molar-refractivity contribution in [1.29, 1.82) is 0 Å². The van der Waals surface area contributed by atoms with Gasteiger partial charge in [0.2, 0.25) is 0 Å². The van der Waals surface area contributed by atoms with Crippen LogP contribution in [0.4, 0.5) is 11.5 Å². The van der Waals surface area contributed by atoms with E-state index in [4.69, 9.17) is 5.73 Å². The van der Waals surface area contributed by atoms with E-state index in [1.54, 1.807) is 12.1 Å². The molecule has 4 N–H and O–H groups in total. The lowest BCUT2D eigenvalue weighted by Gasteiger charge is -2.17. The molecule has 2 amide bonds. The lowest BCUT2D eigenvalue weighted by atomic mass is 10.1. The first-order valence-electron chi connectivity index (χ1n) is 7.64. The number of pyridine rings is 1. The van der Waals surface area contributed by atoms with E-state index < -0.39 is 17.4 Å². The molecule has 124 valence electrons. The van der Waals surface area contributed by atoms with E-state index in [-0.39, 0.29) is 16.9 Å². The highest BCUT2D eigenvalue weighted by Gasteiger charge is 2.32. The minimum absolute atomic E-state index is 0.0198. The van der Waals surface area contributed by atoms with Crippen LogP contribution in [0, 0.1) is 5.92 Å². The molecule has 0 aliphatic carbocycles. The Morgan fingerprint density at radius 2 is 1.88 bits per heavy atom. The number of nitrogens with zero attached hydrogens (tertiary/aromatic N) is 1. The zero-order chi connectivity index (χ0) is 17.4. The molecule has 1 aliphatic rings. The molecule has 0 unspecified atom stereocenters. The average Bonchev–Trinajstić information content (AvgIpc) is 2.80. The third-order valence-electron chi connectivity index (χ3n) is 3.80. The van der Waals surface area contributed by atoms with Crippen LogP contribution < -0.4 is 21.9 Å². The van der Waals surface area contributed by atoms with Gasteiger partial charge in [0.25, 0.3) is 17.4 Å². The Kier molecular flexibility index (Phi) is 3.84. The standard InChI is InChI=1S/C17H18N4O3/c1-9(2)8-19-11-5-3-4-6-12(11)21-13(22)7-10-14(15(21)18)17(24)20-16(10)23/h3-7,9,19H,8,18H2,1-2H3,(H,20,23,24).